The van der Waals surface area contributed by atoms with Gasteiger partial charge in [0, 0.05) is 6.54 Å². The maximum Gasteiger partial charge on any atom is 0.292 e. The number of nitrogens with zero attached hydrogens (tertiary/aromatic N) is 1. The highest BCUT2D eigenvalue weighted by molar-refractivity contribution is 6.38. The number of hydrogen-bond acceptors (Lipinski definition) is 3. The van der Waals surface area contributed by atoms with Crippen molar-refractivity contribution in [2.45, 2.75) is 26.1 Å². The van der Waals surface area contributed by atoms with E-state index in [9.17, 15) is 4.79 Å². The van der Waals surface area contributed by atoms with Crippen LogP contribution in [0.25, 0.3) is 0 Å². The highest BCUT2D eigenvalue weighted by Crippen LogP contribution is 2.51. The first-order valence-corrected chi connectivity index (χ1v) is 7.81. The molecule has 0 aliphatic carbocycles. The monoisotopic (exact) mass is 329 g/mol. The van der Waals surface area contributed by atoms with Gasteiger partial charge in [-0.05, 0) is 24.5 Å². The Hall–Kier alpha value is -0.810. The number of fused-ring (bicyclic) bond motifs is 2. The van der Waals surface area contributed by atoms with Gasteiger partial charge >= 0.3 is 0 Å². The van der Waals surface area contributed by atoms with Gasteiger partial charge in [0.2, 0.25) is 0 Å². The van der Waals surface area contributed by atoms with Crippen molar-refractivity contribution in [3.63, 3.8) is 0 Å². The van der Waals surface area contributed by atoms with Crippen molar-refractivity contribution in [1.82, 2.24) is 0 Å². The van der Waals surface area contributed by atoms with E-state index in [1.807, 2.05) is 13.8 Å². The predicted octanol–water partition coefficient (Wildman–Crippen LogP) is 3.59. The van der Waals surface area contributed by atoms with Gasteiger partial charge in [-0.3, -0.25) is 4.79 Å². The zero-order valence-corrected chi connectivity index (χ0v) is 13.5. The predicted molar refractivity (Wildman–Crippen MR) is 81.9 cm³/mol. The molecule has 1 amide bonds. The number of anilines is 1. The average molecular weight is 330 g/mol. The number of carbonyl (C=O) groups excluding carboxylic acids is 1. The highest BCUT2D eigenvalue weighted by Gasteiger charge is 2.56. The van der Waals surface area contributed by atoms with Gasteiger partial charge in [-0.15, -0.1) is 0 Å². The number of carbonyl (C=O) groups is 1. The molecular formula is C15H17Cl2NO3. The quantitative estimate of drug-likeness (QED) is 0.832. The van der Waals surface area contributed by atoms with Crippen LogP contribution in [0.2, 0.25) is 10.0 Å². The summed E-state index contributed by atoms with van der Waals surface area (Å²) in [7, 11) is 0. The number of amides is 1. The van der Waals surface area contributed by atoms with Gasteiger partial charge in [-0.2, -0.15) is 0 Å². The zero-order valence-electron chi connectivity index (χ0n) is 12.0. The molecule has 0 bridgehead atoms. The summed E-state index contributed by atoms with van der Waals surface area (Å²) in [4.78, 5) is 14.6. The van der Waals surface area contributed by atoms with E-state index in [-0.39, 0.29) is 11.8 Å². The minimum atomic E-state index is -1.43. The molecule has 2 aliphatic rings. The largest absolute Gasteiger partial charge is 0.338 e. The molecule has 114 valence electrons. The summed E-state index contributed by atoms with van der Waals surface area (Å²) in [5.74, 6) is -1.37. The summed E-state index contributed by atoms with van der Waals surface area (Å²) in [6, 6.07) is 3.38. The molecule has 2 heterocycles. The summed E-state index contributed by atoms with van der Waals surface area (Å²) < 4.78 is 11.5. The molecule has 21 heavy (non-hydrogen) atoms. The van der Waals surface area contributed by atoms with Crippen LogP contribution in [0.3, 0.4) is 0 Å². The van der Waals surface area contributed by atoms with Crippen LogP contribution in [0.4, 0.5) is 5.69 Å². The van der Waals surface area contributed by atoms with E-state index in [4.69, 9.17) is 32.7 Å². The molecule has 1 aromatic carbocycles. The number of benzene rings is 1. The van der Waals surface area contributed by atoms with Crippen molar-refractivity contribution in [1.29, 1.82) is 0 Å². The van der Waals surface area contributed by atoms with Crippen LogP contribution in [0.5, 0.6) is 0 Å². The third kappa shape index (κ3) is 2.25. The summed E-state index contributed by atoms with van der Waals surface area (Å²) >= 11 is 12.7. The van der Waals surface area contributed by atoms with Gasteiger partial charge < -0.3 is 14.4 Å². The molecule has 4 nitrogen and oxygen atoms in total. The Bertz CT molecular complexity index is 583. The van der Waals surface area contributed by atoms with E-state index >= 15 is 0 Å². The van der Waals surface area contributed by atoms with Crippen LogP contribution in [0.1, 0.15) is 25.8 Å². The van der Waals surface area contributed by atoms with Crippen LogP contribution >= 0.6 is 23.2 Å². The molecule has 6 heteroatoms. The van der Waals surface area contributed by atoms with E-state index in [0.717, 1.165) is 6.42 Å². The third-order valence-corrected chi connectivity index (χ3v) is 4.27. The SMILES string of the molecule is CC(C)CN1C(=O)C2(OCCCO2)c2c(Cl)ccc(Cl)c21. The lowest BCUT2D eigenvalue weighted by Crippen LogP contribution is -2.48. The molecule has 2 aliphatic heterocycles. The molecule has 0 saturated carbocycles. The molecule has 0 N–H and O–H groups in total. The van der Waals surface area contributed by atoms with E-state index in [1.54, 1.807) is 17.0 Å². The molecule has 0 unspecified atom stereocenters. The lowest BCUT2D eigenvalue weighted by molar-refractivity contribution is -0.256. The maximum absolute atomic E-state index is 12.9. The van der Waals surface area contributed by atoms with Crippen LogP contribution in [-0.2, 0) is 20.1 Å². The molecule has 1 fully saturated rings. The Labute approximate surface area is 133 Å². The Balaban J connectivity index is 2.19. The zero-order chi connectivity index (χ0) is 15.2. The van der Waals surface area contributed by atoms with Crippen molar-refractivity contribution >= 4 is 34.8 Å². The molecule has 0 radical (unpaired) electrons. The van der Waals surface area contributed by atoms with Crippen molar-refractivity contribution in [2.75, 3.05) is 24.7 Å². The Morgan fingerprint density at radius 1 is 1.24 bits per heavy atom. The van der Waals surface area contributed by atoms with Gasteiger partial charge in [0.15, 0.2) is 0 Å². The molecule has 1 spiro atoms. The summed E-state index contributed by atoms with van der Waals surface area (Å²) in [6.45, 7) is 5.55. The molecule has 0 aromatic heterocycles. The number of halogens is 2. The standard InChI is InChI=1S/C15H17Cl2NO3/c1-9(2)8-18-13-11(17)5-4-10(16)12(13)15(14(18)19)20-6-3-7-21-15/h4-5,9H,3,6-8H2,1-2H3. The summed E-state index contributed by atoms with van der Waals surface area (Å²) in [6.07, 6.45) is 0.757. The van der Waals surface area contributed by atoms with Crippen molar-refractivity contribution < 1.29 is 14.3 Å². The Morgan fingerprint density at radius 2 is 1.86 bits per heavy atom. The van der Waals surface area contributed by atoms with E-state index in [1.165, 1.54) is 0 Å². The third-order valence-electron chi connectivity index (χ3n) is 3.65. The second kappa shape index (κ2) is 5.43. The van der Waals surface area contributed by atoms with E-state index in [2.05, 4.69) is 0 Å². The highest BCUT2D eigenvalue weighted by atomic mass is 35.5. The van der Waals surface area contributed by atoms with Crippen LogP contribution in [0.15, 0.2) is 12.1 Å². The fourth-order valence-electron chi connectivity index (χ4n) is 2.84. The normalized spacial score (nSPS) is 20.4. The summed E-state index contributed by atoms with van der Waals surface area (Å²) in [5.41, 5.74) is 1.16. The fourth-order valence-corrected chi connectivity index (χ4v) is 3.38. The van der Waals surface area contributed by atoms with Crippen molar-refractivity contribution in [3.8, 4) is 0 Å². The minimum Gasteiger partial charge on any atom is -0.338 e. The Kier molecular flexibility index (Phi) is 3.91. The average Bonchev–Trinajstić information content (AvgIpc) is 2.67. The number of ether oxygens (including phenoxy) is 2. The lowest BCUT2D eigenvalue weighted by atomic mass is 10.1. The Morgan fingerprint density at radius 3 is 2.48 bits per heavy atom. The van der Waals surface area contributed by atoms with Crippen molar-refractivity contribution in [3.05, 3.63) is 27.7 Å². The number of rotatable bonds is 2. The van der Waals surface area contributed by atoms with E-state index in [0.29, 0.717) is 41.1 Å². The topological polar surface area (TPSA) is 38.8 Å². The molecule has 1 saturated heterocycles. The molecule has 1 aromatic rings. The van der Waals surface area contributed by atoms with Crippen LogP contribution in [0, 0.1) is 5.92 Å². The van der Waals surface area contributed by atoms with Gasteiger partial charge in [-0.25, -0.2) is 0 Å². The second-order valence-corrected chi connectivity index (χ2v) is 6.54. The first-order chi connectivity index (χ1) is 9.97. The minimum absolute atomic E-state index is 0.235. The van der Waals surface area contributed by atoms with Crippen LogP contribution in [-0.4, -0.2) is 25.7 Å². The smallest absolute Gasteiger partial charge is 0.292 e. The van der Waals surface area contributed by atoms with Gasteiger partial charge in [-0.1, -0.05) is 37.0 Å². The van der Waals surface area contributed by atoms with Gasteiger partial charge in [0.1, 0.15) is 0 Å². The number of hydrogen-bond donors (Lipinski definition) is 0. The summed E-state index contributed by atoms with van der Waals surface area (Å²) in [5, 5.41) is 0.925. The maximum atomic E-state index is 12.9. The second-order valence-electron chi connectivity index (χ2n) is 5.73. The fraction of sp³-hybridized carbons (Fsp3) is 0.533. The van der Waals surface area contributed by atoms with Gasteiger partial charge in [0.25, 0.3) is 11.7 Å². The molecule has 3 rings (SSSR count). The van der Waals surface area contributed by atoms with E-state index < -0.39 is 5.79 Å². The van der Waals surface area contributed by atoms with Gasteiger partial charge in [0.05, 0.1) is 34.5 Å². The molecular weight excluding hydrogens is 313 g/mol. The lowest BCUT2D eigenvalue weighted by Gasteiger charge is -2.33. The first-order valence-electron chi connectivity index (χ1n) is 7.05. The van der Waals surface area contributed by atoms with Crippen molar-refractivity contribution in [2.24, 2.45) is 5.92 Å². The van der Waals surface area contributed by atoms with Crippen LogP contribution < -0.4 is 4.90 Å². The molecule has 0 atom stereocenters. The first kappa shape index (κ1) is 15.1.